The fraction of sp³-hybridized carbons (Fsp3) is 0.583. The summed E-state index contributed by atoms with van der Waals surface area (Å²) in [6.45, 7) is 6.09. The maximum absolute atomic E-state index is 4.70. The number of nitrogens with zero attached hydrogens (tertiary/aromatic N) is 2. The maximum atomic E-state index is 4.70. The van der Waals surface area contributed by atoms with Crippen molar-refractivity contribution in [2.45, 2.75) is 26.3 Å². The molecule has 1 N–H and O–H groups in total. The molecule has 1 aliphatic rings. The van der Waals surface area contributed by atoms with Gasteiger partial charge in [0.05, 0.1) is 10.3 Å². The Labute approximate surface area is 115 Å². The predicted octanol–water partition coefficient (Wildman–Crippen LogP) is 3.07. The molecule has 17 heavy (non-hydrogen) atoms. The molecule has 1 fully saturated rings. The predicted molar refractivity (Wildman–Crippen MR) is 77.6 cm³/mol. The Morgan fingerprint density at radius 2 is 2.29 bits per heavy atom. The Kier molecular flexibility index (Phi) is 4.86. The van der Waals surface area contributed by atoms with E-state index in [0.29, 0.717) is 0 Å². The van der Waals surface area contributed by atoms with Crippen LogP contribution in [0.4, 0.5) is 0 Å². The van der Waals surface area contributed by atoms with Crippen molar-refractivity contribution in [3.05, 3.63) is 20.8 Å². The number of guanidine groups is 1. The molecular weight excluding hydrogens is 298 g/mol. The van der Waals surface area contributed by atoms with Crippen LogP contribution in [-0.2, 0) is 6.54 Å². The first kappa shape index (κ1) is 12.9. The number of thiophene rings is 1. The average Bonchev–Trinajstić information content (AvgIpc) is 2.95. The molecule has 0 atom stereocenters. The van der Waals surface area contributed by atoms with E-state index in [0.717, 1.165) is 32.1 Å². The summed E-state index contributed by atoms with van der Waals surface area (Å²) in [6.07, 6.45) is 2.57. The van der Waals surface area contributed by atoms with Crippen molar-refractivity contribution in [3.8, 4) is 0 Å². The van der Waals surface area contributed by atoms with Crippen LogP contribution >= 0.6 is 27.3 Å². The molecule has 2 rings (SSSR count). The Balaban J connectivity index is 1.99. The molecular formula is C12H18BrN3S. The third-order valence-corrected chi connectivity index (χ3v) is 4.33. The topological polar surface area (TPSA) is 27.6 Å². The number of halogens is 1. The van der Waals surface area contributed by atoms with Crippen molar-refractivity contribution < 1.29 is 0 Å². The van der Waals surface area contributed by atoms with Gasteiger partial charge in [0.15, 0.2) is 5.96 Å². The minimum Gasteiger partial charge on any atom is -0.357 e. The summed E-state index contributed by atoms with van der Waals surface area (Å²) in [5, 5.41) is 5.52. The lowest BCUT2D eigenvalue weighted by atomic mass is 10.3. The third-order valence-electron chi connectivity index (χ3n) is 2.77. The van der Waals surface area contributed by atoms with E-state index < -0.39 is 0 Å². The van der Waals surface area contributed by atoms with Crippen molar-refractivity contribution in [2.75, 3.05) is 19.6 Å². The smallest absolute Gasteiger partial charge is 0.194 e. The van der Waals surface area contributed by atoms with Gasteiger partial charge in [-0.3, -0.25) is 0 Å². The largest absolute Gasteiger partial charge is 0.357 e. The van der Waals surface area contributed by atoms with Gasteiger partial charge in [-0.25, -0.2) is 4.99 Å². The Morgan fingerprint density at radius 1 is 1.53 bits per heavy atom. The van der Waals surface area contributed by atoms with Crippen molar-refractivity contribution in [1.29, 1.82) is 0 Å². The van der Waals surface area contributed by atoms with E-state index in [2.05, 4.69) is 44.5 Å². The summed E-state index contributed by atoms with van der Waals surface area (Å²) in [5.41, 5.74) is 1.27. The van der Waals surface area contributed by atoms with Gasteiger partial charge in [-0.15, -0.1) is 11.3 Å². The lowest BCUT2D eigenvalue weighted by Crippen LogP contribution is -2.39. The molecule has 0 amide bonds. The highest BCUT2D eigenvalue weighted by Gasteiger charge is 2.15. The highest BCUT2D eigenvalue weighted by molar-refractivity contribution is 9.11. The molecule has 0 bridgehead atoms. The lowest BCUT2D eigenvalue weighted by molar-refractivity contribution is 0.493. The molecule has 94 valence electrons. The van der Waals surface area contributed by atoms with E-state index in [1.54, 1.807) is 11.3 Å². The fourth-order valence-electron chi connectivity index (χ4n) is 1.95. The van der Waals surface area contributed by atoms with Gasteiger partial charge >= 0.3 is 0 Å². The van der Waals surface area contributed by atoms with Crippen molar-refractivity contribution >= 4 is 33.2 Å². The summed E-state index contributed by atoms with van der Waals surface area (Å²) in [6, 6.07) is 2.14. The SMILES string of the molecule is CCNC(=NCc1csc(Br)c1)N1CCCC1. The Morgan fingerprint density at radius 3 is 2.88 bits per heavy atom. The van der Waals surface area contributed by atoms with Crippen LogP contribution in [0.3, 0.4) is 0 Å². The second kappa shape index (κ2) is 6.40. The Bertz CT molecular complexity index is 383. The van der Waals surface area contributed by atoms with Crippen LogP contribution in [-0.4, -0.2) is 30.5 Å². The van der Waals surface area contributed by atoms with E-state index in [-0.39, 0.29) is 0 Å². The molecule has 0 unspecified atom stereocenters. The monoisotopic (exact) mass is 315 g/mol. The number of hydrogen-bond acceptors (Lipinski definition) is 2. The summed E-state index contributed by atoms with van der Waals surface area (Å²) < 4.78 is 1.17. The highest BCUT2D eigenvalue weighted by Crippen LogP contribution is 2.21. The number of rotatable bonds is 3. The summed E-state index contributed by atoms with van der Waals surface area (Å²) >= 11 is 5.20. The van der Waals surface area contributed by atoms with Crippen molar-refractivity contribution in [1.82, 2.24) is 10.2 Å². The molecule has 0 spiro atoms. The molecule has 5 heteroatoms. The zero-order valence-corrected chi connectivity index (χ0v) is 12.5. The first-order chi connectivity index (χ1) is 8.29. The minimum absolute atomic E-state index is 0.765. The lowest BCUT2D eigenvalue weighted by Gasteiger charge is -2.20. The van der Waals surface area contributed by atoms with Crippen LogP contribution in [0.25, 0.3) is 0 Å². The van der Waals surface area contributed by atoms with Crippen LogP contribution < -0.4 is 5.32 Å². The van der Waals surface area contributed by atoms with Crippen LogP contribution in [0.1, 0.15) is 25.3 Å². The molecule has 1 saturated heterocycles. The zero-order valence-electron chi connectivity index (χ0n) is 10.1. The Hall–Kier alpha value is -0.550. The molecule has 3 nitrogen and oxygen atoms in total. The van der Waals surface area contributed by atoms with Crippen molar-refractivity contribution in [2.24, 2.45) is 4.99 Å². The van der Waals surface area contributed by atoms with E-state index >= 15 is 0 Å². The summed E-state index contributed by atoms with van der Waals surface area (Å²) in [7, 11) is 0. The van der Waals surface area contributed by atoms with E-state index in [9.17, 15) is 0 Å². The number of nitrogens with one attached hydrogen (secondary N) is 1. The quantitative estimate of drug-likeness (QED) is 0.685. The van der Waals surface area contributed by atoms with Gasteiger partial charge < -0.3 is 10.2 Å². The number of aliphatic imine (C=N–C) groups is 1. The second-order valence-corrected chi connectivity index (χ2v) is 6.41. The fourth-order valence-corrected chi connectivity index (χ4v) is 3.15. The van der Waals surface area contributed by atoms with Gasteiger partial charge in [0, 0.05) is 19.6 Å². The average molecular weight is 316 g/mol. The molecule has 2 heterocycles. The highest BCUT2D eigenvalue weighted by atomic mass is 79.9. The van der Waals surface area contributed by atoms with E-state index in [1.165, 1.54) is 22.2 Å². The number of likely N-dealkylation sites (tertiary alicyclic amines) is 1. The van der Waals surface area contributed by atoms with Crippen molar-refractivity contribution in [3.63, 3.8) is 0 Å². The summed E-state index contributed by atoms with van der Waals surface area (Å²) in [5.74, 6) is 1.06. The van der Waals surface area contributed by atoms with Crippen LogP contribution in [0.15, 0.2) is 20.2 Å². The van der Waals surface area contributed by atoms with Gasteiger partial charge in [0.2, 0.25) is 0 Å². The van der Waals surface area contributed by atoms with Crippen LogP contribution in [0.5, 0.6) is 0 Å². The minimum atomic E-state index is 0.765. The molecule has 1 aromatic heterocycles. The molecule has 1 aliphatic heterocycles. The van der Waals surface area contributed by atoms with E-state index in [4.69, 9.17) is 4.99 Å². The first-order valence-corrected chi connectivity index (χ1v) is 7.73. The normalized spacial score (nSPS) is 16.6. The van der Waals surface area contributed by atoms with Crippen LogP contribution in [0, 0.1) is 0 Å². The van der Waals surface area contributed by atoms with Gasteiger partial charge in [0.1, 0.15) is 0 Å². The maximum Gasteiger partial charge on any atom is 0.194 e. The standard InChI is InChI=1S/C12H18BrN3S/c1-2-14-12(16-5-3-4-6-16)15-8-10-7-11(13)17-9-10/h7,9H,2-6,8H2,1H3,(H,14,15). The van der Waals surface area contributed by atoms with E-state index in [1.807, 2.05) is 0 Å². The van der Waals surface area contributed by atoms with Gasteiger partial charge in [-0.2, -0.15) is 0 Å². The van der Waals surface area contributed by atoms with Gasteiger partial charge in [0.25, 0.3) is 0 Å². The second-order valence-electron chi connectivity index (χ2n) is 4.12. The first-order valence-electron chi connectivity index (χ1n) is 6.05. The molecule has 0 aromatic carbocycles. The number of hydrogen-bond donors (Lipinski definition) is 1. The molecule has 0 radical (unpaired) electrons. The molecule has 0 aliphatic carbocycles. The van der Waals surface area contributed by atoms with Gasteiger partial charge in [-0.05, 0) is 52.7 Å². The molecule has 1 aromatic rings. The summed E-state index contributed by atoms with van der Waals surface area (Å²) in [4.78, 5) is 7.05. The van der Waals surface area contributed by atoms with Gasteiger partial charge in [-0.1, -0.05) is 0 Å². The van der Waals surface area contributed by atoms with Crippen LogP contribution in [0.2, 0.25) is 0 Å². The third kappa shape index (κ3) is 3.71. The zero-order chi connectivity index (χ0) is 12.1. The molecule has 0 saturated carbocycles.